The maximum atomic E-state index is 10.7. The van der Waals surface area contributed by atoms with E-state index in [0.29, 0.717) is 17.2 Å². The third kappa shape index (κ3) is 3.13. The Bertz CT molecular complexity index is 1220. The lowest BCUT2D eigenvalue weighted by Gasteiger charge is -2.37. The van der Waals surface area contributed by atoms with E-state index in [-0.39, 0.29) is 5.75 Å². The lowest BCUT2D eigenvalue weighted by atomic mass is 9.93. The molecule has 1 aliphatic rings. The molecule has 2 aromatic carbocycles. The average Bonchev–Trinajstić information content (AvgIpc) is 3.08. The van der Waals surface area contributed by atoms with Crippen LogP contribution < -0.4 is 0 Å². The van der Waals surface area contributed by atoms with Crippen molar-refractivity contribution in [2.45, 2.75) is 19.8 Å². The quantitative estimate of drug-likeness (QED) is 0.559. The molecule has 6 heteroatoms. The molecular formula is C24H25N5O. The third-order valence-electron chi connectivity index (χ3n) is 6.03. The summed E-state index contributed by atoms with van der Waals surface area (Å²) < 4.78 is 1.83. The number of aromatic hydroxyl groups is 1. The number of hydrogen-bond acceptors (Lipinski definition) is 5. The van der Waals surface area contributed by atoms with Crippen molar-refractivity contribution in [2.75, 3.05) is 19.6 Å². The monoisotopic (exact) mass is 399 g/mol. The van der Waals surface area contributed by atoms with Crippen LogP contribution in [0.15, 0.2) is 48.7 Å². The Morgan fingerprint density at radius 1 is 1.10 bits per heavy atom. The van der Waals surface area contributed by atoms with E-state index in [2.05, 4.69) is 46.2 Å². The molecule has 4 aromatic rings. The van der Waals surface area contributed by atoms with Gasteiger partial charge >= 0.3 is 0 Å². The molecule has 0 saturated carbocycles. The Balaban J connectivity index is 1.56. The molecule has 1 aliphatic heterocycles. The fourth-order valence-electron chi connectivity index (χ4n) is 4.34. The first kappa shape index (κ1) is 18.8. The Labute approximate surface area is 175 Å². The fourth-order valence-corrected chi connectivity index (χ4v) is 4.34. The van der Waals surface area contributed by atoms with E-state index >= 15 is 0 Å². The van der Waals surface area contributed by atoms with Crippen molar-refractivity contribution >= 4 is 10.9 Å². The predicted molar refractivity (Wildman–Crippen MR) is 118 cm³/mol. The third-order valence-corrected chi connectivity index (χ3v) is 6.03. The Morgan fingerprint density at radius 2 is 1.93 bits per heavy atom. The van der Waals surface area contributed by atoms with Crippen molar-refractivity contribution in [1.82, 2.24) is 24.9 Å². The highest BCUT2D eigenvalue weighted by Gasteiger charge is 2.28. The zero-order valence-corrected chi connectivity index (χ0v) is 17.5. The van der Waals surface area contributed by atoms with Gasteiger partial charge in [-0.1, -0.05) is 19.1 Å². The second-order valence-electron chi connectivity index (χ2n) is 8.13. The number of benzene rings is 2. The van der Waals surface area contributed by atoms with Crippen molar-refractivity contribution in [3.63, 3.8) is 0 Å². The van der Waals surface area contributed by atoms with Gasteiger partial charge in [0.15, 0.2) is 0 Å². The minimum Gasteiger partial charge on any atom is -0.507 e. The molecule has 3 heterocycles. The van der Waals surface area contributed by atoms with Gasteiger partial charge in [-0.3, -0.25) is 4.68 Å². The topological polar surface area (TPSA) is 67.1 Å². The second kappa shape index (κ2) is 7.22. The number of hydrogen-bond donors (Lipinski definition) is 1. The van der Waals surface area contributed by atoms with Gasteiger partial charge in [0.05, 0.1) is 22.5 Å². The van der Waals surface area contributed by atoms with Crippen LogP contribution in [-0.4, -0.2) is 49.6 Å². The first-order valence-corrected chi connectivity index (χ1v) is 10.4. The van der Waals surface area contributed by atoms with E-state index in [0.717, 1.165) is 52.9 Å². The van der Waals surface area contributed by atoms with Crippen LogP contribution in [0.5, 0.6) is 5.75 Å². The number of likely N-dealkylation sites (tertiary alicyclic amines) is 1. The van der Waals surface area contributed by atoms with Crippen LogP contribution in [-0.2, 0) is 7.05 Å². The molecule has 0 atom stereocenters. The van der Waals surface area contributed by atoms with Gasteiger partial charge in [0.1, 0.15) is 5.75 Å². The molecule has 0 aliphatic carbocycles. The highest BCUT2D eigenvalue weighted by atomic mass is 16.3. The molecule has 6 nitrogen and oxygen atoms in total. The summed E-state index contributed by atoms with van der Waals surface area (Å²) in [4.78, 5) is 2.39. The van der Waals surface area contributed by atoms with E-state index in [1.54, 1.807) is 6.07 Å². The molecule has 152 valence electrons. The maximum Gasteiger partial charge on any atom is 0.125 e. The minimum atomic E-state index is 0.208. The molecule has 0 unspecified atom stereocenters. The summed E-state index contributed by atoms with van der Waals surface area (Å²) in [6.07, 6.45) is 2.01. The van der Waals surface area contributed by atoms with Crippen LogP contribution in [0.1, 0.15) is 24.1 Å². The predicted octanol–water partition coefficient (Wildman–Crippen LogP) is 4.13. The number of nitrogens with zero attached hydrogens (tertiary/aromatic N) is 5. The molecule has 1 fully saturated rings. The van der Waals surface area contributed by atoms with Crippen molar-refractivity contribution in [2.24, 2.45) is 7.05 Å². The van der Waals surface area contributed by atoms with Gasteiger partial charge in [-0.25, -0.2) is 0 Å². The standard InChI is InChI=1S/C24H25N5O/c1-4-29-13-18(14-29)20-8-9-21(26-25-20)23-19(6-5-7-22(23)30)16-10-15(2)24-17(11-16)12-28(3)27-24/h5-12,18,30H,4,13-14H2,1-3H3. The largest absolute Gasteiger partial charge is 0.507 e. The summed E-state index contributed by atoms with van der Waals surface area (Å²) in [5.41, 5.74) is 6.48. The number of phenols is 1. The molecule has 30 heavy (non-hydrogen) atoms. The van der Waals surface area contributed by atoms with E-state index in [1.807, 2.05) is 42.2 Å². The van der Waals surface area contributed by atoms with Crippen LogP contribution >= 0.6 is 0 Å². The molecule has 1 saturated heterocycles. The SMILES string of the molecule is CCN1CC(c2ccc(-c3c(O)cccc3-c3cc(C)c4nn(C)cc4c3)nn2)C1. The lowest BCUT2D eigenvalue weighted by Crippen LogP contribution is -2.44. The minimum absolute atomic E-state index is 0.208. The van der Waals surface area contributed by atoms with Crippen LogP contribution in [0.2, 0.25) is 0 Å². The van der Waals surface area contributed by atoms with Crippen molar-refractivity contribution in [1.29, 1.82) is 0 Å². The van der Waals surface area contributed by atoms with Crippen molar-refractivity contribution < 1.29 is 5.11 Å². The number of phenolic OH excluding ortho intramolecular Hbond substituents is 1. The van der Waals surface area contributed by atoms with Crippen molar-refractivity contribution in [3.8, 4) is 28.1 Å². The summed E-state index contributed by atoms with van der Waals surface area (Å²) in [6.45, 7) is 7.39. The Kier molecular flexibility index (Phi) is 4.51. The molecule has 0 radical (unpaired) electrons. The number of rotatable bonds is 4. The number of aryl methyl sites for hydroxylation is 2. The Morgan fingerprint density at radius 3 is 2.67 bits per heavy atom. The zero-order chi connectivity index (χ0) is 20.8. The smallest absolute Gasteiger partial charge is 0.125 e. The highest BCUT2D eigenvalue weighted by molar-refractivity contribution is 5.92. The van der Waals surface area contributed by atoms with Gasteiger partial charge in [-0.2, -0.15) is 15.3 Å². The molecule has 0 bridgehead atoms. The van der Waals surface area contributed by atoms with Gasteiger partial charge in [-0.15, -0.1) is 0 Å². The molecular weight excluding hydrogens is 374 g/mol. The van der Waals surface area contributed by atoms with Gasteiger partial charge < -0.3 is 10.0 Å². The number of aromatic nitrogens is 4. The van der Waals surface area contributed by atoms with E-state index in [9.17, 15) is 5.11 Å². The molecule has 0 spiro atoms. The van der Waals surface area contributed by atoms with Gasteiger partial charge in [0, 0.05) is 37.6 Å². The number of likely N-dealkylation sites (N-methyl/N-ethyl adjacent to an activating group) is 1. The lowest BCUT2D eigenvalue weighted by molar-refractivity contribution is 0.154. The summed E-state index contributed by atoms with van der Waals surface area (Å²) in [6, 6.07) is 13.8. The molecule has 5 rings (SSSR count). The Hall–Kier alpha value is -3.25. The summed E-state index contributed by atoms with van der Waals surface area (Å²) in [7, 11) is 1.93. The van der Waals surface area contributed by atoms with Crippen LogP contribution in [0.3, 0.4) is 0 Å². The fraction of sp³-hybridized carbons (Fsp3) is 0.292. The van der Waals surface area contributed by atoms with Gasteiger partial charge in [-0.05, 0) is 60.5 Å². The molecule has 1 N–H and O–H groups in total. The van der Waals surface area contributed by atoms with Gasteiger partial charge in [0.2, 0.25) is 0 Å². The first-order chi connectivity index (χ1) is 14.5. The normalized spacial score (nSPS) is 14.9. The molecule has 2 aromatic heterocycles. The number of fused-ring (bicyclic) bond motifs is 1. The first-order valence-electron chi connectivity index (χ1n) is 10.4. The second-order valence-corrected chi connectivity index (χ2v) is 8.13. The maximum absolute atomic E-state index is 10.7. The highest BCUT2D eigenvalue weighted by Crippen LogP contribution is 2.39. The van der Waals surface area contributed by atoms with Crippen LogP contribution in [0.25, 0.3) is 33.3 Å². The summed E-state index contributed by atoms with van der Waals surface area (Å²) >= 11 is 0. The van der Waals surface area contributed by atoms with Crippen LogP contribution in [0, 0.1) is 6.92 Å². The molecule has 0 amide bonds. The van der Waals surface area contributed by atoms with E-state index < -0.39 is 0 Å². The van der Waals surface area contributed by atoms with E-state index in [1.165, 1.54) is 0 Å². The summed E-state index contributed by atoms with van der Waals surface area (Å²) in [5.74, 6) is 0.658. The van der Waals surface area contributed by atoms with Crippen molar-refractivity contribution in [3.05, 3.63) is 59.9 Å². The van der Waals surface area contributed by atoms with E-state index in [4.69, 9.17) is 0 Å². The van der Waals surface area contributed by atoms with Crippen LogP contribution in [0.4, 0.5) is 0 Å². The average molecular weight is 399 g/mol. The van der Waals surface area contributed by atoms with Gasteiger partial charge in [0.25, 0.3) is 0 Å². The summed E-state index contributed by atoms with van der Waals surface area (Å²) in [5, 5.41) is 25.3. The zero-order valence-electron chi connectivity index (χ0n) is 17.5.